The molecule has 5 heteroatoms. The fraction of sp³-hybridized carbons (Fsp3) is 0.647. The van der Waals surface area contributed by atoms with E-state index in [0.29, 0.717) is 29.8 Å². The van der Waals surface area contributed by atoms with Gasteiger partial charge in [-0.1, -0.05) is 17.7 Å². The second-order valence-electron chi connectivity index (χ2n) is 7.35. The molecule has 3 aliphatic carbocycles. The molecule has 0 aromatic heterocycles. The van der Waals surface area contributed by atoms with E-state index in [1.807, 2.05) is 6.92 Å². The van der Waals surface area contributed by atoms with E-state index in [1.54, 1.807) is 24.3 Å². The number of fused-ring (bicyclic) bond motifs is 2. The maximum Gasteiger partial charge on any atom is 0.297 e. The predicted molar refractivity (Wildman–Crippen MR) is 79.7 cm³/mol. The van der Waals surface area contributed by atoms with Crippen LogP contribution in [0.25, 0.3) is 0 Å². The topological polar surface area (TPSA) is 52.6 Å². The number of aryl methyl sites for hydroxylation is 1. The summed E-state index contributed by atoms with van der Waals surface area (Å²) in [6.07, 6.45) is 3.49. The Kier molecular flexibility index (Phi) is 2.67. The fourth-order valence-electron chi connectivity index (χ4n) is 5.55. The lowest BCUT2D eigenvalue weighted by molar-refractivity contribution is -0.0334. The Morgan fingerprint density at radius 2 is 1.86 bits per heavy atom. The van der Waals surface area contributed by atoms with Crippen LogP contribution in [0, 0.1) is 30.6 Å². The molecular formula is C17H20O4S. The molecule has 2 bridgehead atoms. The first-order valence-corrected chi connectivity index (χ1v) is 9.61. The molecule has 1 aromatic rings. The van der Waals surface area contributed by atoms with Gasteiger partial charge in [0, 0.05) is 0 Å². The van der Waals surface area contributed by atoms with Crippen molar-refractivity contribution in [1.82, 2.24) is 0 Å². The molecule has 4 nitrogen and oxygen atoms in total. The third-order valence-electron chi connectivity index (χ3n) is 6.34. The van der Waals surface area contributed by atoms with Crippen LogP contribution in [0.5, 0.6) is 0 Å². The van der Waals surface area contributed by atoms with Crippen molar-refractivity contribution in [1.29, 1.82) is 0 Å². The Balaban J connectivity index is 1.44. The van der Waals surface area contributed by atoms with Gasteiger partial charge in [-0.2, -0.15) is 8.42 Å². The van der Waals surface area contributed by atoms with Crippen LogP contribution in [0.1, 0.15) is 24.8 Å². The summed E-state index contributed by atoms with van der Waals surface area (Å²) < 4.78 is 37.0. The van der Waals surface area contributed by atoms with Crippen LogP contribution in [0.3, 0.4) is 0 Å². The number of benzene rings is 1. The van der Waals surface area contributed by atoms with Gasteiger partial charge in [0.05, 0.1) is 17.1 Å². The summed E-state index contributed by atoms with van der Waals surface area (Å²) in [5.74, 6) is 2.19. The van der Waals surface area contributed by atoms with Gasteiger partial charge in [-0.05, 0) is 62.0 Å². The van der Waals surface area contributed by atoms with Crippen molar-refractivity contribution in [2.45, 2.75) is 49.4 Å². The number of hydrogen-bond donors (Lipinski definition) is 0. The highest BCUT2D eigenvalue weighted by molar-refractivity contribution is 7.86. The largest absolute Gasteiger partial charge is 0.372 e. The van der Waals surface area contributed by atoms with Crippen LogP contribution < -0.4 is 0 Å². The molecule has 7 atom stereocenters. The number of ether oxygens (including phenoxy) is 1. The highest BCUT2D eigenvalue weighted by Gasteiger charge is 2.68. The average Bonchev–Trinajstić information content (AvgIpc) is 3.16. The van der Waals surface area contributed by atoms with E-state index in [0.717, 1.165) is 18.4 Å². The van der Waals surface area contributed by atoms with Crippen LogP contribution in [0.4, 0.5) is 0 Å². The van der Waals surface area contributed by atoms with Gasteiger partial charge in [-0.25, -0.2) is 0 Å². The molecule has 0 spiro atoms. The first kappa shape index (κ1) is 13.5. The Morgan fingerprint density at radius 3 is 2.64 bits per heavy atom. The molecule has 3 saturated carbocycles. The lowest BCUT2D eigenvalue weighted by Gasteiger charge is -2.31. The van der Waals surface area contributed by atoms with E-state index in [2.05, 4.69) is 0 Å². The van der Waals surface area contributed by atoms with Crippen LogP contribution in [0.2, 0.25) is 0 Å². The Bertz CT molecular complexity index is 709. The van der Waals surface area contributed by atoms with Crippen molar-refractivity contribution in [2.75, 3.05) is 0 Å². The third-order valence-corrected chi connectivity index (χ3v) is 7.67. The van der Waals surface area contributed by atoms with Crippen molar-refractivity contribution in [3.05, 3.63) is 29.8 Å². The van der Waals surface area contributed by atoms with Gasteiger partial charge in [0.1, 0.15) is 6.10 Å². The van der Waals surface area contributed by atoms with E-state index >= 15 is 0 Å². The van der Waals surface area contributed by atoms with Crippen LogP contribution in [0.15, 0.2) is 29.2 Å². The Hall–Kier alpha value is -0.910. The summed E-state index contributed by atoms with van der Waals surface area (Å²) in [5, 5.41) is 0. The SMILES string of the molecule is Cc1ccc(S(=O)(=O)O[C@H]2[C@H]3C[C@H]4[C@@H]2O[C@H]2CC[C@@H]3[C@@H]42)cc1. The molecule has 1 heterocycles. The van der Waals surface area contributed by atoms with Gasteiger partial charge in [-0.3, -0.25) is 4.18 Å². The normalized spacial score (nSPS) is 44.9. The standard InChI is InChI=1S/C17H20O4S/c1-9-2-4-10(5-3-9)22(18,19)21-17-12-8-13-15-11(12)6-7-14(15)20-16(13)17/h2-5,11-17H,6-8H2,1H3/t11-,12-,13+,14-,15-,16-,17-/m0/s1. The van der Waals surface area contributed by atoms with Crippen molar-refractivity contribution in [2.24, 2.45) is 23.7 Å². The summed E-state index contributed by atoms with van der Waals surface area (Å²) >= 11 is 0. The lowest BCUT2D eigenvalue weighted by atomic mass is 9.80. The monoisotopic (exact) mass is 320 g/mol. The van der Waals surface area contributed by atoms with Crippen molar-refractivity contribution in [3.8, 4) is 0 Å². The lowest BCUT2D eigenvalue weighted by Crippen LogP contribution is -2.39. The molecule has 1 aromatic carbocycles. The third kappa shape index (κ3) is 1.67. The highest BCUT2D eigenvalue weighted by Crippen LogP contribution is 2.65. The quantitative estimate of drug-likeness (QED) is 0.803. The summed E-state index contributed by atoms with van der Waals surface area (Å²) in [4.78, 5) is 0.251. The molecule has 0 unspecified atom stereocenters. The van der Waals surface area contributed by atoms with Gasteiger partial charge in [0.25, 0.3) is 10.1 Å². The Labute approximate surface area is 130 Å². The van der Waals surface area contributed by atoms with Gasteiger partial charge >= 0.3 is 0 Å². The zero-order chi connectivity index (χ0) is 15.1. The average molecular weight is 320 g/mol. The first-order valence-electron chi connectivity index (χ1n) is 8.20. The summed E-state index contributed by atoms with van der Waals surface area (Å²) in [6.45, 7) is 1.94. The second-order valence-corrected chi connectivity index (χ2v) is 8.92. The van der Waals surface area contributed by atoms with E-state index in [1.165, 1.54) is 6.42 Å². The molecular weight excluding hydrogens is 300 g/mol. The molecule has 0 N–H and O–H groups in total. The second kappa shape index (κ2) is 4.34. The minimum absolute atomic E-state index is 0.00299. The van der Waals surface area contributed by atoms with E-state index in [9.17, 15) is 8.42 Å². The van der Waals surface area contributed by atoms with Crippen LogP contribution in [-0.2, 0) is 19.0 Å². The smallest absolute Gasteiger partial charge is 0.297 e. The summed E-state index contributed by atoms with van der Waals surface area (Å²) in [7, 11) is -3.70. The molecule has 22 heavy (non-hydrogen) atoms. The van der Waals surface area contributed by atoms with Crippen molar-refractivity contribution >= 4 is 10.1 Å². The van der Waals surface area contributed by atoms with E-state index in [-0.39, 0.29) is 17.1 Å². The molecule has 118 valence electrons. The maximum atomic E-state index is 12.6. The molecule has 0 radical (unpaired) electrons. The fourth-order valence-corrected chi connectivity index (χ4v) is 6.67. The minimum atomic E-state index is -3.70. The van der Waals surface area contributed by atoms with Gasteiger partial charge in [-0.15, -0.1) is 0 Å². The van der Waals surface area contributed by atoms with Gasteiger partial charge in [0.2, 0.25) is 0 Å². The van der Waals surface area contributed by atoms with Crippen molar-refractivity contribution in [3.63, 3.8) is 0 Å². The van der Waals surface area contributed by atoms with Crippen LogP contribution >= 0.6 is 0 Å². The van der Waals surface area contributed by atoms with Crippen LogP contribution in [-0.4, -0.2) is 26.7 Å². The minimum Gasteiger partial charge on any atom is -0.372 e. The first-order chi connectivity index (χ1) is 10.5. The van der Waals surface area contributed by atoms with Gasteiger partial charge < -0.3 is 4.74 Å². The van der Waals surface area contributed by atoms with Gasteiger partial charge in [0.15, 0.2) is 0 Å². The number of hydrogen-bond acceptors (Lipinski definition) is 4. The molecule has 4 fully saturated rings. The summed E-state index contributed by atoms with van der Waals surface area (Å²) in [6, 6.07) is 6.87. The van der Waals surface area contributed by atoms with E-state index < -0.39 is 10.1 Å². The zero-order valence-corrected chi connectivity index (χ0v) is 13.3. The molecule has 1 aliphatic heterocycles. The van der Waals surface area contributed by atoms with Crippen molar-refractivity contribution < 1.29 is 17.3 Å². The highest BCUT2D eigenvalue weighted by atomic mass is 32.2. The number of rotatable bonds is 3. The Morgan fingerprint density at radius 1 is 1.09 bits per heavy atom. The summed E-state index contributed by atoms with van der Waals surface area (Å²) in [5.41, 5.74) is 1.04. The maximum absolute atomic E-state index is 12.6. The molecule has 0 amide bonds. The van der Waals surface area contributed by atoms with E-state index in [4.69, 9.17) is 8.92 Å². The molecule has 5 rings (SSSR count). The molecule has 4 aliphatic rings. The zero-order valence-electron chi connectivity index (χ0n) is 12.5. The molecule has 1 saturated heterocycles. The predicted octanol–water partition coefficient (Wildman–Crippen LogP) is 2.51.